The molecule has 0 heterocycles. The fourth-order valence-electron chi connectivity index (χ4n) is 3.91. The Morgan fingerprint density at radius 3 is 1.52 bits per heavy atom. The lowest BCUT2D eigenvalue weighted by molar-refractivity contribution is -0.147. The van der Waals surface area contributed by atoms with Gasteiger partial charge in [-0.3, -0.25) is 38.4 Å². The van der Waals surface area contributed by atoms with Crippen LogP contribution < -0.4 is 38.1 Å². The van der Waals surface area contributed by atoms with Crippen molar-refractivity contribution in [1.82, 2.24) is 26.6 Å². The van der Waals surface area contributed by atoms with E-state index < -0.39 is 122 Å². The van der Waals surface area contributed by atoms with E-state index in [0.717, 1.165) is 0 Å². The summed E-state index contributed by atoms with van der Waals surface area (Å²) in [7, 11) is 0. The zero-order valence-electron chi connectivity index (χ0n) is 25.4. The molecule has 0 radical (unpaired) electrons. The lowest BCUT2D eigenvalue weighted by atomic mass is 10.0. The molecule has 20 nitrogen and oxygen atoms in total. The van der Waals surface area contributed by atoms with Gasteiger partial charge in [0.25, 0.3) is 0 Å². The molecule has 0 saturated heterocycles. The number of rotatable bonds is 23. The third kappa shape index (κ3) is 16.3. The number of amides is 5. The largest absolute Gasteiger partial charge is 0.481 e. The summed E-state index contributed by atoms with van der Waals surface area (Å²) in [4.78, 5) is 109. The van der Waals surface area contributed by atoms with Gasteiger partial charge in [0, 0.05) is 6.42 Å². The van der Waals surface area contributed by atoms with Gasteiger partial charge in [0.1, 0.15) is 30.2 Å². The van der Waals surface area contributed by atoms with Crippen LogP contribution in [0.25, 0.3) is 0 Å². The molecule has 5 atom stereocenters. The average Bonchev–Trinajstić information content (AvgIpc) is 2.95. The third-order valence-electron chi connectivity index (χ3n) is 6.32. The third-order valence-corrected chi connectivity index (χ3v) is 6.32. The van der Waals surface area contributed by atoms with Crippen molar-refractivity contribution < 1.29 is 63.6 Å². The minimum atomic E-state index is -1.85. The number of hydrogen-bond acceptors (Lipinski definition) is 11. The lowest BCUT2D eigenvalue weighted by Gasteiger charge is -2.27. The van der Waals surface area contributed by atoms with E-state index in [4.69, 9.17) is 21.7 Å². The number of nitrogens with one attached hydrogen (secondary N) is 5. The van der Waals surface area contributed by atoms with E-state index in [1.807, 2.05) is 5.32 Å². The lowest BCUT2D eigenvalue weighted by Crippen LogP contribution is -2.60. The molecule has 0 saturated carbocycles. The zero-order chi connectivity index (χ0) is 35.6. The summed E-state index contributed by atoms with van der Waals surface area (Å²) < 4.78 is 0. The highest BCUT2D eigenvalue weighted by Gasteiger charge is 2.34. The van der Waals surface area contributed by atoms with Crippen LogP contribution in [0.2, 0.25) is 0 Å². The molecule has 0 unspecified atom stereocenters. The molecule has 0 aliphatic rings. The first kappa shape index (κ1) is 41.1. The zero-order valence-corrected chi connectivity index (χ0v) is 25.4. The Bertz CT molecular complexity index is 1130. The van der Waals surface area contributed by atoms with Crippen LogP contribution in [0.3, 0.4) is 0 Å². The number of hydrogen-bond donors (Lipinski definition) is 11. The van der Waals surface area contributed by atoms with Gasteiger partial charge in [0.15, 0.2) is 0 Å². The van der Waals surface area contributed by atoms with E-state index in [2.05, 4.69) is 21.3 Å². The standard InChI is InChI=1S/C26H43N7O13/c1-12(2)21(25(44)32-16(26(45)46)10-20(39)40)33-23(42)14(6-7-18(35)36)30-24(43)15(9-19(37)38)31-22(41)13(5-3-4-8-27)29-17(34)11-28/h12-16,21H,3-11,27-28H2,1-2H3,(H,29,34)(H,30,43)(H,31,41)(H,32,44)(H,33,42)(H,35,36)(H,37,38)(H,39,40)(H,45,46)/t13-,14-,15-,16-,21-/m0/s1. The average molecular weight is 662 g/mol. The Kier molecular flexibility index (Phi) is 18.8. The van der Waals surface area contributed by atoms with Crippen LogP contribution in [0.5, 0.6) is 0 Å². The Labute approximate surface area is 263 Å². The maximum atomic E-state index is 13.2. The van der Waals surface area contributed by atoms with Crippen molar-refractivity contribution in [2.24, 2.45) is 17.4 Å². The highest BCUT2D eigenvalue weighted by molar-refractivity contribution is 5.97. The number of carbonyl (C=O) groups excluding carboxylic acids is 5. The molecule has 0 bridgehead atoms. The van der Waals surface area contributed by atoms with E-state index in [9.17, 15) is 53.4 Å². The number of carbonyl (C=O) groups is 9. The molecular weight excluding hydrogens is 618 g/mol. The summed E-state index contributed by atoms with van der Waals surface area (Å²) >= 11 is 0. The van der Waals surface area contributed by atoms with Crippen LogP contribution in [0.1, 0.15) is 58.8 Å². The second kappa shape index (κ2) is 21.0. The van der Waals surface area contributed by atoms with Gasteiger partial charge in [-0.1, -0.05) is 13.8 Å². The summed E-state index contributed by atoms with van der Waals surface area (Å²) in [5, 5.41) is 47.7. The van der Waals surface area contributed by atoms with Gasteiger partial charge in [-0.25, -0.2) is 4.79 Å². The van der Waals surface area contributed by atoms with Crippen LogP contribution in [0.4, 0.5) is 0 Å². The van der Waals surface area contributed by atoms with Gasteiger partial charge in [0.2, 0.25) is 29.5 Å². The fraction of sp³-hybridized carbons (Fsp3) is 0.654. The Hall–Kier alpha value is -4.85. The Morgan fingerprint density at radius 1 is 0.565 bits per heavy atom. The molecule has 0 aromatic rings. The first-order chi connectivity index (χ1) is 21.4. The van der Waals surface area contributed by atoms with Crippen LogP contribution >= 0.6 is 0 Å². The first-order valence-corrected chi connectivity index (χ1v) is 14.2. The summed E-state index contributed by atoms with van der Waals surface area (Å²) in [5.41, 5.74) is 10.7. The number of carboxylic acid groups (broad SMARTS) is 4. The van der Waals surface area contributed by atoms with Crippen molar-refractivity contribution in [3.8, 4) is 0 Å². The van der Waals surface area contributed by atoms with Gasteiger partial charge < -0.3 is 58.5 Å². The highest BCUT2D eigenvalue weighted by Crippen LogP contribution is 2.08. The molecular formula is C26H43N7O13. The molecule has 0 spiro atoms. The van der Waals surface area contributed by atoms with Crippen molar-refractivity contribution in [3.05, 3.63) is 0 Å². The summed E-state index contributed by atoms with van der Waals surface area (Å²) in [6.45, 7) is 2.72. The minimum absolute atomic E-state index is 0.0632. The number of carboxylic acids is 4. The molecule has 13 N–H and O–H groups in total. The number of nitrogens with two attached hydrogens (primary N) is 2. The van der Waals surface area contributed by atoms with E-state index in [1.54, 1.807) is 0 Å². The van der Waals surface area contributed by atoms with Crippen molar-refractivity contribution in [3.63, 3.8) is 0 Å². The molecule has 0 rings (SSSR count). The smallest absolute Gasteiger partial charge is 0.326 e. The number of aliphatic carboxylic acids is 4. The van der Waals surface area contributed by atoms with E-state index in [0.29, 0.717) is 12.8 Å². The minimum Gasteiger partial charge on any atom is -0.481 e. The molecule has 0 aliphatic carbocycles. The van der Waals surface area contributed by atoms with E-state index in [1.165, 1.54) is 13.8 Å². The Morgan fingerprint density at radius 2 is 1.04 bits per heavy atom. The maximum absolute atomic E-state index is 13.2. The first-order valence-electron chi connectivity index (χ1n) is 14.2. The van der Waals surface area contributed by atoms with Crippen molar-refractivity contribution >= 4 is 53.4 Å². The second-order valence-electron chi connectivity index (χ2n) is 10.5. The SMILES string of the molecule is CC(C)[C@H](NC(=O)[C@H](CCC(=O)O)NC(=O)[C@H](CC(=O)O)NC(=O)[C@H](CCCCN)NC(=O)CN)C(=O)N[C@@H](CC(=O)O)C(=O)O. The molecule has 260 valence electrons. The topological polar surface area (TPSA) is 347 Å². The molecule has 0 fully saturated rings. The summed E-state index contributed by atoms with van der Waals surface area (Å²) in [6.07, 6.45) is -2.28. The molecule has 0 aliphatic heterocycles. The summed E-state index contributed by atoms with van der Waals surface area (Å²) in [6, 6.07) is -8.06. The van der Waals surface area contributed by atoms with E-state index >= 15 is 0 Å². The van der Waals surface area contributed by atoms with Gasteiger partial charge >= 0.3 is 23.9 Å². The molecule has 0 aromatic heterocycles. The van der Waals surface area contributed by atoms with Crippen molar-refractivity contribution in [2.45, 2.75) is 89.0 Å². The van der Waals surface area contributed by atoms with Crippen LogP contribution in [0, 0.1) is 5.92 Å². The van der Waals surface area contributed by atoms with Crippen molar-refractivity contribution in [1.29, 1.82) is 0 Å². The quantitative estimate of drug-likeness (QED) is 0.0465. The Balaban J connectivity index is 6.07. The number of unbranched alkanes of at least 4 members (excludes halogenated alkanes) is 1. The highest BCUT2D eigenvalue weighted by atomic mass is 16.4. The molecule has 20 heteroatoms. The summed E-state index contributed by atoms with van der Waals surface area (Å²) in [5.74, 6) is -11.9. The predicted molar refractivity (Wildman–Crippen MR) is 155 cm³/mol. The fourth-order valence-corrected chi connectivity index (χ4v) is 3.91. The maximum Gasteiger partial charge on any atom is 0.326 e. The predicted octanol–water partition coefficient (Wildman–Crippen LogP) is -3.95. The molecule has 0 aromatic carbocycles. The monoisotopic (exact) mass is 661 g/mol. The van der Waals surface area contributed by atoms with Gasteiger partial charge in [-0.15, -0.1) is 0 Å². The van der Waals surface area contributed by atoms with Gasteiger partial charge in [-0.05, 0) is 38.1 Å². The molecule has 46 heavy (non-hydrogen) atoms. The van der Waals surface area contributed by atoms with Crippen molar-refractivity contribution in [2.75, 3.05) is 13.1 Å². The second-order valence-corrected chi connectivity index (χ2v) is 10.5. The normalized spacial score (nSPS) is 14.0. The van der Waals surface area contributed by atoms with Crippen LogP contribution in [-0.4, -0.2) is 117 Å². The molecule has 5 amide bonds. The van der Waals surface area contributed by atoms with Gasteiger partial charge in [-0.2, -0.15) is 0 Å². The van der Waals surface area contributed by atoms with Crippen LogP contribution in [0.15, 0.2) is 0 Å². The van der Waals surface area contributed by atoms with E-state index in [-0.39, 0.29) is 13.0 Å². The van der Waals surface area contributed by atoms with Gasteiger partial charge in [0.05, 0.1) is 19.4 Å². The van der Waals surface area contributed by atoms with Crippen LogP contribution in [-0.2, 0) is 43.2 Å².